The molecule has 4 heteroatoms. The number of carbonyl (C=O) groups excluding carboxylic acids is 2. The molecule has 0 radical (unpaired) electrons. The minimum Gasteiger partial charge on any atom is -0.337 e. The van der Waals surface area contributed by atoms with Crippen LogP contribution in [0.4, 0.5) is 5.69 Å². The van der Waals surface area contributed by atoms with Crippen molar-refractivity contribution in [2.24, 2.45) is 0 Å². The van der Waals surface area contributed by atoms with Crippen molar-refractivity contribution in [1.82, 2.24) is 4.90 Å². The van der Waals surface area contributed by atoms with E-state index in [9.17, 15) is 9.59 Å². The first-order chi connectivity index (χ1) is 14.2. The van der Waals surface area contributed by atoms with Gasteiger partial charge in [-0.2, -0.15) is 0 Å². The van der Waals surface area contributed by atoms with Crippen LogP contribution in [0.5, 0.6) is 0 Å². The van der Waals surface area contributed by atoms with Crippen LogP contribution >= 0.6 is 0 Å². The van der Waals surface area contributed by atoms with Gasteiger partial charge in [-0.15, -0.1) is 0 Å². The molecule has 3 aromatic rings. The normalized spacial score (nSPS) is 11.1. The summed E-state index contributed by atoms with van der Waals surface area (Å²) in [5, 5.41) is 2.89. The molecule has 0 heterocycles. The zero-order valence-corrected chi connectivity index (χ0v) is 18.0. The molecule has 1 N–H and O–H groups in total. The minimum atomic E-state index is -0.197. The average molecular weight is 401 g/mol. The molecule has 0 spiro atoms. The van der Waals surface area contributed by atoms with Crippen LogP contribution < -0.4 is 5.32 Å². The van der Waals surface area contributed by atoms with Crippen LogP contribution in [-0.2, 0) is 12.0 Å². The van der Waals surface area contributed by atoms with Crippen molar-refractivity contribution >= 4 is 17.5 Å². The van der Waals surface area contributed by atoms with Crippen molar-refractivity contribution in [3.8, 4) is 0 Å². The molecule has 0 unspecified atom stereocenters. The number of hydrogen-bond donors (Lipinski definition) is 1. The lowest BCUT2D eigenvalue weighted by molar-refractivity contribution is 0.0784. The zero-order valence-electron chi connectivity index (χ0n) is 18.0. The van der Waals surface area contributed by atoms with Gasteiger partial charge in [0.1, 0.15) is 0 Å². The Hall–Kier alpha value is -3.40. The van der Waals surface area contributed by atoms with Crippen LogP contribution in [0.3, 0.4) is 0 Å². The minimum absolute atomic E-state index is 0.0372. The Kier molecular flexibility index (Phi) is 6.36. The molecule has 0 aliphatic heterocycles. The average Bonchev–Trinajstić information content (AvgIpc) is 2.73. The Morgan fingerprint density at radius 1 is 0.833 bits per heavy atom. The lowest BCUT2D eigenvalue weighted by atomic mass is 9.87. The molecule has 30 heavy (non-hydrogen) atoms. The fourth-order valence-electron chi connectivity index (χ4n) is 3.20. The van der Waals surface area contributed by atoms with E-state index >= 15 is 0 Å². The number of nitrogens with one attached hydrogen (secondary N) is 1. The van der Waals surface area contributed by atoms with Gasteiger partial charge in [-0.1, -0.05) is 69.3 Å². The highest BCUT2D eigenvalue weighted by Gasteiger charge is 2.16. The van der Waals surface area contributed by atoms with E-state index in [1.165, 1.54) is 5.56 Å². The summed E-state index contributed by atoms with van der Waals surface area (Å²) in [5.41, 5.74) is 3.99. The van der Waals surface area contributed by atoms with Gasteiger partial charge < -0.3 is 10.2 Å². The Morgan fingerprint density at radius 2 is 1.50 bits per heavy atom. The molecule has 0 saturated heterocycles. The lowest BCUT2D eigenvalue weighted by Gasteiger charge is -2.19. The molecule has 3 aromatic carbocycles. The third-order valence-electron chi connectivity index (χ3n) is 4.99. The topological polar surface area (TPSA) is 49.4 Å². The van der Waals surface area contributed by atoms with Gasteiger partial charge in [-0.3, -0.25) is 9.59 Å². The first-order valence-corrected chi connectivity index (χ1v) is 10.1. The predicted octanol–water partition coefficient (Wildman–Crippen LogP) is 5.51. The van der Waals surface area contributed by atoms with Crippen molar-refractivity contribution in [1.29, 1.82) is 0 Å². The molecular formula is C26H28N2O2. The molecule has 0 aromatic heterocycles. The van der Waals surface area contributed by atoms with Crippen LogP contribution in [0.25, 0.3) is 0 Å². The molecule has 4 nitrogen and oxygen atoms in total. The van der Waals surface area contributed by atoms with Crippen molar-refractivity contribution in [3.05, 3.63) is 101 Å². The largest absolute Gasteiger partial charge is 0.337 e. The summed E-state index contributed by atoms with van der Waals surface area (Å²) in [4.78, 5) is 27.1. The van der Waals surface area contributed by atoms with Gasteiger partial charge in [0, 0.05) is 30.4 Å². The van der Waals surface area contributed by atoms with E-state index in [4.69, 9.17) is 0 Å². The second kappa shape index (κ2) is 8.95. The van der Waals surface area contributed by atoms with Crippen LogP contribution in [0.2, 0.25) is 0 Å². The van der Waals surface area contributed by atoms with Gasteiger partial charge in [-0.25, -0.2) is 0 Å². The number of anilines is 1. The maximum atomic E-state index is 12.8. The summed E-state index contributed by atoms with van der Waals surface area (Å²) in [6, 6.07) is 24.5. The Balaban J connectivity index is 1.69. The first-order valence-electron chi connectivity index (χ1n) is 10.1. The van der Waals surface area contributed by atoms with Crippen LogP contribution in [0, 0.1) is 0 Å². The molecule has 0 saturated carbocycles. The van der Waals surface area contributed by atoms with E-state index in [1.54, 1.807) is 36.2 Å². The SMILES string of the molecule is CN(Cc1ccccc1)C(=O)c1cccc(NC(=O)c2ccc(C(C)(C)C)cc2)c1. The number of hydrogen-bond acceptors (Lipinski definition) is 2. The van der Waals surface area contributed by atoms with E-state index in [1.807, 2.05) is 54.6 Å². The van der Waals surface area contributed by atoms with Crippen LogP contribution in [0.1, 0.15) is 52.6 Å². The summed E-state index contributed by atoms with van der Waals surface area (Å²) in [6.45, 7) is 6.94. The second-order valence-electron chi connectivity index (χ2n) is 8.51. The monoisotopic (exact) mass is 400 g/mol. The van der Waals surface area contributed by atoms with Crippen molar-refractivity contribution < 1.29 is 9.59 Å². The predicted molar refractivity (Wildman–Crippen MR) is 122 cm³/mol. The highest BCUT2D eigenvalue weighted by molar-refractivity contribution is 6.05. The van der Waals surface area contributed by atoms with Gasteiger partial charge in [0.05, 0.1) is 0 Å². The molecule has 0 bridgehead atoms. The van der Waals surface area contributed by atoms with E-state index in [-0.39, 0.29) is 17.2 Å². The van der Waals surface area contributed by atoms with E-state index < -0.39 is 0 Å². The Bertz CT molecular complexity index is 1020. The number of amides is 2. The molecular weight excluding hydrogens is 372 g/mol. The second-order valence-corrected chi connectivity index (χ2v) is 8.51. The molecule has 0 aliphatic rings. The molecule has 154 valence electrons. The highest BCUT2D eigenvalue weighted by atomic mass is 16.2. The standard InChI is InChI=1S/C26H28N2O2/c1-26(2,3)22-15-13-20(14-16-22)24(29)27-23-12-8-11-21(17-23)25(30)28(4)18-19-9-6-5-7-10-19/h5-17H,18H2,1-4H3,(H,27,29). The maximum Gasteiger partial charge on any atom is 0.255 e. The smallest absolute Gasteiger partial charge is 0.255 e. The third kappa shape index (κ3) is 5.35. The van der Waals surface area contributed by atoms with Crippen molar-refractivity contribution in [2.75, 3.05) is 12.4 Å². The quantitative estimate of drug-likeness (QED) is 0.614. The number of nitrogens with zero attached hydrogens (tertiary/aromatic N) is 1. The fraction of sp³-hybridized carbons (Fsp3) is 0.231. The Labute approximate surface area is 178 Å². The fourth-order valence-corrected chi connectivity index (χ4v) is 3.20. The third-order valence-corrected chi connectivity index (χ3v) is 4.99. The summed E-state index contributed by atoms with van der Waals surface area (Å²) in [7, 11) is 1.78. The van der Waals surface area contributed by atoms with Crippen LogP contribution in [0.15, 0.2) is 78.9 Å². The van der Waals surface area contributed by atoms with Gasteiger partial charge >= 0.3 is 0 Å². The summed E-state index contributed by atoms with van der Waals surface area (Å²) < 4.78 is 0. The van der Waals surface area contributed by atoms with Crippen molar-refractivity contribution in [3.63, 3.8) is 0 Å². The van der Waals surface area contributed by atoms with Crippen molar-refractivity contribution in [2.45, 2.75) is 32.7 Å². The number of benzene rings is 3. The van der Waals surface area contributed by atoms with Crippen LogP contribution in [-0.4, -0.2) is 23.8 Å². The number of carbonyl (C=O) groups is 2. The first kappa shape index (κ1) is 21.3. The molecule has 0 atom stereocenters. The van der Waals surface area contributed by atoms with Gasteiger partial charge in [0.25, 0.3) is 11.8 Å². The molecule has 0 aliphatic carbocycles. The van der Waals surface area contributed by atoms with Gasteiger partial charge in [0.15, 0.2) is 0 Å². The van der Waals surface area contributed by atoms with E-state index in [2.05, 4.69) is 26.1 Å². The lowest BCUT2D eigenvalue weighted by Crippen LogP contribution is -2.26. The summed E-state index contributed by atoms with van der Waals surface area (Å²) in [6.07, 6.45) is 0. The highest BCUT2D eigenvalue weighted by Crippen LogP contribution is 2.22. The van der Waals surface area contributed by atoms with E-state index in [0.29, 0.717) is 23.4 Å². The summed E-state index contributed by atoms with van der Waals surface area (Å²) in [5.74, 6) is -0.290. The van der Waals surface area contributed by atoms with Gasteiger partial charge in [0.2, 0.25) is 0 Å². The maximum absolute atomic E-state index is 12.8. The van der Waals surface area contributed by atoms with Gasteiger partial charge in [-0.05, 0) is 46.9 Å². The van der Waals surface area contributed by atoms with E-state index in [0.717, 1.165) is 5.56 Å². The zero-order chi connectivity index (χ0) is 21.7. The molecule has 2 amide bonds. The molecule has 3 rings (SSSR count). The Morgan fingerprint density at radius 3 is 2.13 bits per heavy atom. The summed E-state index contributed by atoms with van der Waals surface area (Å²) >= 11 is 0. The number of rotatable bonds is 5. The molecule has 0 fully saturated rings.